The predicted octanol–water partition coefficient (Wildman–Crippen LogP) is 2.75. The zero-order valence-corrected chi connectivity index (χ0v) is 10.4. The van der Waals surface area contributed by atoms with Gasteiger partial charge in [0.1, 0.15) is 4.88 Å². The molecular formula is C12H8N2O4S. The van der Waals surface area contributed by atoms with Gasteiger partial charge in [-0.3, -0.25) is 0 Å². The lowest BCUT2D eigenvalue weighted by Gasteiger charge is -1.98. The third kappa shape index (κ3) is 2.55. The fraction of sp³-hybridized carbons (Fsp3) is 0.0833. The van der Waals surface area contributed by atoms with Gasteiger partial charge in [-0.2, -0.15) is 0 Å². The molecular weight excluding hydrogens is 268 g/mol. The van der Waals surface area contributed by atoms with Gasteiger partial charge in [-0.15, -0.1) is 21.5 Å². The van der Waals surface area contributed by atoms with Gasteiger partial charge in [0.2, 0.25) is 0 Å². The largest absolute Gasteiger partial charge is 0.459 e. The lowest BCUT2D eigenvalue weighted by Crippen LogP contribution is -2.03. The van der Waals surface area contributed by atoms with Crippen molar-refractivity contribution in [3.8, 4) is 11.7 Å². The molecule has 0 N–H and O–H groups in total. The molecule has 0 bridgehead atoms. The lowest BCUT2D eigenvalue weighted by atomic mass is 10.4. The highest BCUT2D eigenvalue weighted by atomic mass is 32.1. The van der Waals surface area contributed by atoms with Crippen molar-refractivity contribution < 1.29 is 18.4 Å². The maximum absolute atomic E-state index is 11.6. The van der Waals surface area contributed by atoms with E-state index in [-0.39, 0.29) is 18.4 Å². The minimum atomic E-state index is -0.409. The fourth-order valence-electron chi connectivity index (χ4n) is 1.40. The van der Waals surface area contributed by atoms with Crippen LogP contribution in [0.15, 0.2) is 44.7 Å². The first-order valence-electron chi connectivity index (χ1n) is 5.40. The highest BCUT2D eigenvalue weighted by Gasteiger charge is 2.13. The van der Waals surface area contributed by atoms with Gasteiger partial charge in [0.05, 0.1) is 6.26 Å². The van der Waals surface area contributed by atoms with Crippen LogP contribution in [-0.2, 0) is 11.3 Å². The molecule has 0 spiro atoms. The molecule has 3 aromatic heterocycles. The molecule has 0 aromatic carbocycles. The summed E-state index contributed by atoms with van der Waals surface area (Å²) in [7, 11) is 0. The molecule has 0 aliphatic heterocycles. The Kier molecular flexibility index (Phi) is 3.11. The molecule has 3 heterocycles. The lowest BCUT2D eigenvalue weighted by molar-refractivity contribution is 0.0444. The first-order chi connectivity index (χ1) is 9.33. The zero-order valence-electron chi connectivity index (χ0n) is 9.61. The predicted molar refractivity (Wildman–Crippen MR) is 65.4 cm³/mol. The Balaban J connectivity index is 1.63. The quantitative estimate of drug-likeness (QED) is 0.682. The molecule has 96 valence electrons. The molecule has 0 amide bonds. The van der Waals surface area contributed by atoms with Gasteiger partial charge in [-0.1, -0.05) is 6.07 Å². The Labute approximate surface area is 111 Å². The van der Waals surface area contributed by atoms with E-state index < -0.39 is 5.97 Å². The molecule has 0 saturated carbocycles. The maximum atomic E-state index is 11.6. The summed E-state index contributed by atoms with van der Waals surface area (Å²) in [5, 5.41) is 9.38. The molecule has 0 atom stereocenters. The number of hydrogen-bond donors (Lipinski definition) is 0. The van der Waals surface area contributed by atoms with E-state index in [2.05, 4.69) is 10.2 Å². The van der Waals surface area contributed by atoms with Gasteiger partial charge >= 0.3 is 5.97 Å². The van der Waals surface area contributed by atoms with Gasteiger partial charge in [0, 0.05) is 0 Å². The van der Waals surface area contributed by atoms with E-state index in [1.807, 2.05) is 0 Å². The summed E-state index contributed by atoms with van der Waals surface area (Å²) < 4.78 is 15.5. The van der Waals surface area contributed by atoms with Crippen LogP contribution in [0.25, 0.3) is 11.7 Å². The number of carbonyl (C=O) groups excluding carboxylic acids is 1. The van der Waals surface area contributed by atoms with E-state index in [0.29, 0.717) is 10.6 Å². The number of ether oxygens (including phenoxy) is 1. The number of hydrogen-bond acceptors (Lipinski definition) is 7. The first-order valence-corrected chi connectivity index (χ1v) is 6.28. The van der Waals surface area contributed by atoms with E-state index >= 15 is 0 Å². The molecule has 0 unspecified atom stereocenters. The van der Waals surface area contributed by atoms with Crippen LogP contribution < -0.4 is 0 Å². The molecule has 3 rings (SSSR count). The second-order valence-electron chi connectivity index (χ2n) is 3.53. The van der Waals surface area contributed by atoms with Crippen molar-refractivity contribution in [2.24, 2.45) is 0 Å². The summed E-state index contributed by atoms with van der Waals surface area (Å²) in [6.45, 7) is -0.0650. The smallest absolute Gasteiger partial charge is 0.348 e. The maximum Gasteiger partial charge on any atom is 0.348 e. The van der Waals surface area contributed by atoms with Crippen LogP contribution in [0.5, 0.6) is 0 Å². The Hall–Kier alpha value is -2.41. The van der Waals surface area contributed by atoms with Crippen LogP contribution in [0.3, 0.4) is 0 Å². The van der Waals surface area contributed by atoms with Gasteiger partial charge in [-0.25, -0.2) is 4.79 Å². The molecule has 0 saturated heterocycles. The van der Waals surface area contributed by atoms with Crippen LogP contribution in [0.4, 0.5) is 0 Å². The van der Waals surface area contributed by atoms with E-state index in [1.165, 1.54) is 17.6 Å². The Morgan fingerprint density at radius 3 is 3.00 bits per heavy atom. The molecule has 3 aromatic rings. The van der Waals surface area contributed by atoms with Gasteiger partial charge < -0.3 is 13.6 Å². The van der Waals surface area contributed by atoms with Gasteiger partial charge in [0.25, 0.3) is 11.8 Å². The number of furan rings is 1. The molecule has 19 heavy (non-hydrogen) atoms. The van der Waals surface area contributed by atoms with Crippen LogP contribution in [-0.4, -0.2) is 16.2 Å². The fourth-order valence-corrected chi connectivity index (χ4v) is 2.02. The minimum Gasteiger partial charge on any atom is -0.459 e. The topological polar surface area (TPSA) is 78.4 Å². The van der Waals surface area contributed by atoms with Crippen molar-refractivity contribution in [2.45, 2.75) is 6.61 Å². The van der Waals surface area contributed by atoms with Crippen molar-refractivity contribution in [2.75, 3.05) is 0 Å². The third-order valence-corrected chi connectivity index (χ3v) is 3.10. The van der Waals surface area contributed by atoms with E-state index in [9.17, 15) is 4.79 Å². The molecule has 0 radical (unpaired) electrons. The van der Waals surface area contributed by atoms with Crippen LogP contribution in [0, 0.1) is 0 Å². The van der Waals surface area contributed by atoms with Crippen LogP contribution >= 0.6 is 11.3 Å². The van der Waals surface area contributed by atoms with Crippen molar-refractivity contribution >= 4 is 17.3 Å². The number of carbonyl (C=O) groups is 1. The van der Waals surface area contributed by atoms with E-state index in [4.69, 9.17) is 13.6 Å². The molecule has 7 heteroatoms. The molecule has 0 aliphatic carbocycles. The van der Waals surface area contributed by atoms with Crippen molar-refractivity contribution in [1.82, 2.24) is 10.2 Å². The van der Waals surface area contributed by atoms with Gasteiger partial charge in [-0.05, 0) is 23.6 Å². The van der Waals surface area contributed by atoms with Crippen molar-refractivity contribution in [3.05, 3.63) is 46.7 Å². The second-order valence-corrected chi connectivity index (χ2v) is 4.48. The zero-order chi connectivity index (χ0) is 13.1. The second kappa shape index (κ2) is 5.07. The highest BCUT2D eigenvalue weighted by Crippen LogP contribution is 2.18. The Morgan fingerprint density at radius 1 is 1.32 bits per heavy atom. The van der Waals surface area contributed by atoms with E-state index in [1.54, 1.807) is 29.6 Å². The Bertz CT molecular complexity index is 658. The molecule has 0 aliphatic rings. The Morgan fingerprint density at radius 2 is 2.26 bits per heavy atom. The summed E-state index contributed by atoms with van der Waals surface area (Å²) in [5.41, 5.74) is 0. The first kappa shape index (κ1) is 11.7. The van der Waals surface area contributed by atoms with Gasteiger partial charge in [0.15, 0.2) is 12.4 Å². The minimum absolute atomic E-state index is 0.0650. The standard InChI is InChI=1S/C12H8N2O4S/c15-12(9-4-2-6-19-9)17-7-10-13-14-11(18-10)8-3-1-5-16-8/h1-6H,7H2. The number of thiophene rings is 1. The highest BCUT2D eigenvalue weighted by molar-refractivity contribution is 7.11. The SMILES string of the molecule is O=C(OCc1nnc(-c2ccco2)o1)c1cccs1. The monoisotopic (exact) mass is 276 g/mol. The number of esters is 1. The third-order valence-electron chi connectivity index (χ3n) is 2.25. The van der Waals surface area contributed by atoms with Crippen molar-refractivity contribution in [1.29, 1.82) is 0 Å². The average Bonchev–Trinajstić information content (AvgIpc) is 3.14. The summed E-state index contributed by atoms with van der Waals surface area (Å²) in [6, 6.07) is 6.89. The van der Waals surface area contributed by atoms with E-state index in [0.717, 1.165) is 0 Å². The molecule has 6 nitrogen and oxygen atoms in total. The number of aromatic nitrogens is 2. The summed E-state index contributed by atoms with van der Waals surface area (Å²) in [6.07, 6.45) is 1.51. The molecule has 0 fully saturated rings. The summed E-state index contributed by atoms with van der Waals surface area (Å²) in [5.74, 6) is 0.541. The van der Waals surface area contributed by atoms with Crippen LogP contribution in [0.1, 0.15) is 15.6 Å². The van der Waals surface area contributed by atoms with Crippen LogP contribution in [0.2, 0.25) is 0 Å². The number of nitrogens with zero attached hydrogens (tertiary/aromatic N) is 2. The average molecular weight is 276 g/mol. The normalized spacial score (nSPS) is 10.5. The van der Waals surface area contributed by atoms with Crippen molar-refractivity contribution in [3.63, 3.8) is 0 Å². The summed E-state index contributed by atoms with van der Waals surface area (Å²) in [4.78, 5) is 12.1. The summed E-state index contributed by atoms with van der Waals surface area (Å²) >= 11 is 1.31. The number of rotatable bonds is 4.